The molecule has 0 aromatic heterocycles. The molecule has 2 unspecified atom stereocenters. The minimum atomic E-state index is -0.00439. The second kappa shape index (κ2) is 8.89. The first-order valence-corrected chi connectivity index (χ1v) is 8.35. The Morgan fingerprint density at radius 3 is 2.48 bits per heavy atom. The van der Waals surface area contributed by atoms with Gasteiger partial charge in [0.25, 0.3) is 0 Å². The average molecular weight is 358 g/mol. The Hall–Kier alpha value is -0.420. The van der Waals surface area contributed by atoms with Crippen molar-refractivity contribution in [3.63, 3.8) is 0 Å². The molecule has 0 spiro atoms. The van der Waals surface area contributed by atoms with E-state index in [-0.39, 0.29) is 17.7 Å². The summed E-state index contributed by atoms with van der Waals surface area (Å²) in [4.78, 5) is 0. The van der Waals surface area contributed by atoms with E-state index in [2.05, 4.69) is 61.1 Å². The second-order valence-electron chi connectivity index (χ2n) is 6.25. The summed E-state index contributed by atoms with van der Waals surface area (Å²) >= 11 is 3.62. The van der Waals surface area contributed by atoms with E-state index in [9.17, 15) is 0 Å². The second-order valence-corrected chi connectivity index (χ2v) is 7.10. The Labute approximate surface area is 137 Å². The standard InChI is InChI=1S/C17H28BrNO2/c1-6-20-12-13(2)21-16(11-19-17(3,4)5)14-9-7-8-10-15(14)18/h7-10,13,16,19H,6,11-12H2,1-5H3. The SMILES string of the molecule is CCOCC(C)OC(CNC(C)(C)C)c1ccccc1Br. The monoisotopic (exact) mass is 357 g/mol. The van der Waals surface area contributed by atoms with Crippen LogP contribution >= 0.6 is 15.9 Å². The lowest BCUT2D eigenvalue weighted by molar-refractivity contribution is -0.0488. The van der Waals surface area contributed by atoms with E-state index in [1.165, 1.54) is 0 Å². The molecular weight excluding hydrogens is 330 g/mol. The van der Waals surface area contributed by atoms with Gasteiger partial charge in [-0.1, -0.05) is 34.1 Å². The zero-order valence-electron chi connectivity index (χ0n) is 13.8. The zero-order valence-corrected chi connectivity index (χ0v) is 15.4. The van der Waals surface area contributed by atoms with Crippen LogP contribution < -0.4 is 5.32 Å². The first-order valence-electron chi connectivity index (χ1n) is 7.56. The third-order valence-corrected chi connectivity index (χ3v) is 3.75. The number of benzene rings is 1. The molecule has 1 aromatic carbocycles. The minimum absolute atomic E-state index is 0.00439. The van der Waals surface area contributed by atoms with Crippen LogP contribution in [0.15, 0.2) is 28.7 Å². The van der Waals surface area contributed by atoms with Gasteiger partial charge in [-0.3, -0.25) is 0 Å². The number of hydrogen-bond donors (Lipinski definition) is 1. The molecule has 0 aliphatic rings. The molecule has 4 heteroatoms. The van der Waals surface area contributed by atoms with Gasteiger partial charge >= 0.3 is 0 Å². The molecule has 0 amide bonds. The fraction of sp³-hybridized carbons (Fsp3) is 0.647. The maximum Gasteiger partial charge on any atom is 0.0965 e. The molecule has 1 N–H and O–H groups in total. The summed E-state index contributed by atoms with van der Waals surface area (Å²) in [7, 11) is 0. The Morgan fingerprint density at radius 1 is 1.24 bits per heavy atom. The van der Waals surface area contributed by atoms with Crippen LogP contribution in [0, 0.1) is 0 Å². The molecule has 1 aromatic rings. The molecule has 0 heterocycles. The fourth-order valence-corrected chi connectivity index (χ4v) is 2.51. The van der Waals surface area contributed by atoms with Crippen molar-refractivity contribution in [3.8, 4) is 0 Å². The van der Waals surface area contributed by atoms with Gasteiger partial charge in [-0.2, -0.15) is 0 Å². The van der Waals surface area contributed by atoms with Crippen molar-refractivity contribution in [2.75, 3.05) is 19.8 Å². The fourth-order valence-electron chi connectivity index (χ4n) is 1.97. The molecule has 120 valence electrons. The molecule has 0 aliphatic heterocycles. The lowest BCUT2D eigenvalue weighted by Crippen LogP contribution is -2.40. The predicted octanol–water partition coefficient (Wildman–Crippen LogP) is 4.32. The lowest BCUT2D eigenvalue weighted by Gasteiger charge is -2.28. The van der Waals surface area contributed by atoms with Crippen LogP contribution in [0.1, 0.15) is 46.3 Å². The molecule has 0 bridgehead atoms. The van der Waals surface area contributed by atoms with Gasteiger partial charge in [0.1, 0.15) is 0 Å². The third-order valence-electron chi connectivity index (χ3n) is 3.02. The summed E-state index contributed by atoms with van der Waals surface area (Å²) in [6.07, 6.45) is 0.0547. The van der Waals surface area contributed by atoms with Gasteiger partial charge in [0.2, 0.25) is 0 Å². The summed E-state index contributed by atoms with van der Waals surface area (Å²) in [6, 6.07) is 8.22. The first kappa shape index (κ1) is 18.6. The molecule has 0 radical (unpaired) electrons. The van der Waals surface area contributed by atoms with Crippen LogP contribution in [0.25, 0.3) is 0 Å². The van der Waals surface area contributed by atoms with Gasteiger partial charge in [0.05, 0.1) is 18.8 Å². The average Bonchev–Trinajstić information content (AvgIpc) is 2.41. The van der Waals surface area contributed by atoms with Crippen molar-refractivity contribution < 1.29 is 9.47 Å². The molecule has 0 saturated heterocycles. The molecule has 1 rings (SSSR count). The lowest BCUT2D eigenvalue weighted by atomic mass is 10.1. The van der Waals surface area contributed by atoms with E-state index in [1.807, 2.05) is 19.1 Å². The Balaban J connectivity index is 2.77. The maximum absolute atomic E-state index is 6.20. The van der Waals surface area contributed by atoms with Crippen LogP contribution in [-0.2, 0) is 9.47 Å². The van der Waals surface area contributed by atoms with E-state index in [4.69, 9.17) is 9.47 Å². The van der Waals surface area contributed by atoms with Crippen molar-refractivity contribution in [1.29, 1.82) is 0 Å². The van der Waals surface area contributed by atoms with Crippen molar-refractivity contribution in [2.24, 2.45) is 0 Å². The van der Waals surface area contributed by atoms with Gasteiger partial charge in [0.15, 0.2) is 0 Å². The number of halogens is 1. The highest BCUT2D eigenvalue weighted by Crippen LogP contribution is 2.27. The van der Waals surface area contributed by atoms with Crippen LogP contribution in [0.2, 0.25) is 0 Å². The van der Waals surface area contributed by atoms with Crippen LogP contribution in [0.3, 0.4) is 0 Å². The quantitative estimate of drug-likeness (QED) is 0.751. The van der Waals surface area contributed by atoms with Crippen molar-refractivity contribution >= 4 is 15.9 Å². The minimum Gasteiger partial charge on any atom is -0.379 e. The summed E-state index contributed by atoms with van der Waals surface area (Å²) < 4.78 is 12.7. The van der Waals surface area contributed by atoms with E-state index >= 15 is 0 Å². The molecule has 0 saturated carbocycles. The number of ether oxygens (including phenoxy) is 2. The Kier molecular flexibility index (Phi) is 7.88. The molecular formula is C17H28BrNO2. The smallest absolute Gasteiger partial charge is 0.0965 e. The van der Waals surface area contributed by atoms with Crippen molar-refractivity contribution in [2.45, 2.75) is 52.4 Å². The van der Waals surface area contributed by atoms with Gasteiger partial charge in [0, 0.05) is 23.2 Å². The molecule has 2 atom stereocenters. The van der Waals surface area contributed by atoms with Gasteiger partial charge < -0.3 is 14.8 Å². The van der Waals surface area contributed by atoms with E-state index in [0.717, 1.165) is 16.6 Å². The maximum atomic E-state index is 6.20. The molecule has 0 aliphatic carbocycles. The Bertz CT molecular complexity index is 417. The highest BCUT2D eigenvalue weighted by molar-refractivity contribution is 9.10. The third kappa shape index (κ3) is 7.41. The Morgan fingerprint density at radius 2 is 1.90 bits per heavy atom. The summed E-state index contributed by atoms with van der Waals surface area (Å²) in [6.45, 7) is 12.6. The highest BCUT2D eigenvalue weighted by Gasteiger charge is 2.20. The zero-order chi connectivity index (χ0) is 15.9. The predicted molar refractivity (Wildman–Crippen MR) is 91.7 cm³/mol. The van der Waals surface area contributed by atoms with E-state index < -0.39 is 0 Å². The van der Waals surface area contributed by atoms with Gasteiger partial charge in [-0.05, 0) is 46.2 Å². The number of hydrogen-bond acceptors (Lipinski definition) is 3. The highest BCUT2D eigenvalue weighted by atomic mass is 79.9. The summed E-state index contributed by atoms with van der Waals surface area (Å²) in [5, 5.41) is 3.52. The van der Waals surface area contributed by atoms with E-state index in [0.29, 0.717) is 13.2 Å². The van der Waals surface area contributed by atoms with E-state index in [1.54, 1.807) is 0 Å². The largest absolute Gasteiger partial charge is 0.379 e. The molecule has 3 nitrogen and oxygen atoms in total. The van der Waals surface area contributed by atoms with Crippen LogP contribution in [0.4, 0.5) is 0 Å². The molecule has 21 heavy (non-hydrogen) atoms. The number of nitrogens with one attached hydrogen (secondary N) is 1. The number of rotatable bonds is 8. The normalized spacial score (nSPS) is 15.0. The first-order chi connectivity index (χ1) is 9.83. The summed E-state index contributed by atoms with van der Waals surface area (Å²) in [5.74, 6) is 0. The van der Waals surface area contributed by atoms with Crippen LogP contribution in [-0.4, -0.2) is 31.4 Å². The van der Waals surface area contributed by atoms with Gasteiger partial charge in [-0.25, -0.2) is 0 Å². The molecule has 0 fully saturated rings. The van der Waals surface area contributed by atoms with Crippen molar-refractivity contribution in [1.82, 2.24) is 5.32 Å². The topological polar surface area (TPSA) is 30.5 Å². The van der Waals surface area contributed by atoms with Crippen LogP contribution in [0.5, 0.6) is 0 Å². The van der Waals surface area contributed by atoms with Crippen molar-refractivity contribution in [3.05, 3.63) is 34.3 Å². The summed E-state index contributed by atoms with van der Waals surface area (Å²) in [5.41, 5.74) is 1.23. The van der Waals surface area contributed by atoms with Gasteiger partial charge in [-0.15, -0.1) is 0 Å².